The Kier molecular flexibility index (Phi) is 66.3. The van der Waals surface area contributed by atoms with Crippen LogP contribution in [0.3, 0.4) is 0 Å². The maximum absolute atomic E-state index is 12.9. The predicted molar refractivity (Wildman–Crippen MR) is 362 cm³/mol. The summed E-state index contributed by atoms with van der Waals surface area (Å²) in [5, 5.41) is 0. The van der Waals surface area contributed by atoms with Crippen molar-refractivity contribution >= 4 is 17.9 Å². The van der Waals surface area contributed by atoms with Crippen LogP contribution in [0.15, 0.2) is 134 Å². The van der Waals surface area contributed by atoms with Gasteiger partial charge in [-0.3, -0.25) is 14.4 Å². The molecule has 0 radical (unpaired) electrons. The lowest BCUT2D eigenvalue weighted by molar-refractivity contribution is -0.167. The summed E-state index contributed by atoms with van der Waals surface area (Å²) in [5.74, 6) is -0.894. The molecule has 0 aromatic carbocycles. The molecule has 0 aliphatic heterocycles. The normalized spacial score (nSPS) is 13.0. The van der Waals surface area contributed by atoms with Gasteiger partial charge in [-0.2, -0.15) is 0 Å². The summed E-state index contributed by atoms with van der Waals surface area (Å²) in [7, 11) is 0. The molecule has 0 amide bonds. The standard InChI is InChI=1S/C77H128O6/c1-4-7-10-13-16-19-21-23-25-27-29-31-33-35-36-37-38-39-40-42-43-45-47-49-51-53-55-58-61-64-67-70-76(79)82-73-74(72-81-75(78)69-66-63-60-57-18-15-12-9-6-3)83-77(80)71-68-65-62-59-56-54-52-50-48-46-44-41-34-32-30-28-26-24-22-20-17-14-11-8-5-2/h7-8,10-11,16-17,19-20,23-26,29-32,35-36,41,44,48,50,74H,4-6,9,12-15,18,21-22,27-28,33-34,37-40,42-43,45-47,49,51-73H2,1-3H3/b10-7-,11-8-,19-16-,20-17-,25-23-,26-24-,31-29-,32-30-,36-35-,44-41-,50-48-. The Balaban J connectivity index is 4.20. The van der Waals surface area contributed by atoms with Crippen LogP contribution in [0.5, 0.6) is 0 Å². The monoisotopic (exact) mass is 1150 g/mol. The molecule has 1 atom stereocenters. The maximum Gasteiger partial charge on any atom is 0.306 e. The first-order chi connectivity index (χ1) is 41.0. The zero-order valence-corrected chi connectivity index (χ0v) is 54.2. The second-order valence-corrected chi connectivity index (χ2v) is 22.7. The number of rotatable bonds is 62. The summed E-state index contributed by atoms with van der Waals surface area (Å²) in [6.07, 6.45) is 99.1. The largest absolute Gasteiger partial charge is 0.462 e. The van der Waals surface area contributed by atoms with Crippen molar-refractivity contribution in [2.45, 2.75) is 322 Å². The van der Waals surface area contributed by atoms with Crippen molar-refractivity contribution < 1.29 is 28.6 Å². The highest BCUT2D eigenvalue weighted by Crippen LogP contribution is 2.17. The molecule has 0 aliphatic rings. The van der Waals surface area contributed by atoms with Gasteiger partial charge in [-0.05, 0) is 116 Å². The van der Waals surface area contributed by atoms with Gasteiger partial charge in [0, 0.05) is 19.3 Å². The van der Waals surface area contributed by atoms with E-state index in [1.165, 1.54) is 135 Å². The van der Waals surface area contributed by atoms with Gasteiger partial charge >= 0.3 is 17.9 Å². The van der Waals surface area contributed by atoms with Crippen LogP contribution in [0.4, 0.5) is 0 Å². The van der Waals surface area contributed by atoms with Gasteiger partial charge in [0.1, 0.15) is 13.2 Å². The third-order valence-corrected chi connectivity index (χ3v) is 14.7. The van der Waals surface area contributed by atoms with E-state index in [0.29, 0.717) is 19.3 Å². The Bertz CT molecular complexity index is 1750. The highest BCUT2D eigenvalue weighted by molar-refractivity contribution is 5.71. The minimum atomic E-state index is -0.788. The lowest BCUT2D eigenvalue weighted by atomic mass is 10.0. The van der Waals surface area contributed by atoms with E-state index < -0.39 is 6.10 Å². The lowest BCUT2D eigenvalue weighted by Gasteiger charge is -2.18. The third-order valence-electron chi connectivity index (χ3n) is 14.7. The molecule has 0 N–H and O–H groups in total. The number of hydrogen-bond donors (Lipinski definition) is 0. The number of carbonyl (C=O) groups is 3. The third kappa shape index (κ3) is 68.2. The van der Waals surface area contributed by atoms with Gasteiger partial charge in [0.05, 0.1) is 0 Å². The average Bonchev–Trinajstić information content (AvgIpc) is 3.49. The van der Waals surface area contributed by atoms with E-state index in [4.69, 9.17) is 14.2 Å². The zero-order chi connectivity index (χ0) is 59.9. The Morgan fingerprint density at radius 3 is 0.735 bits per heavy atom. The number of ether oxygens (including phenoxy) is 3. The number of carbonyl (C=O) groups excluding carboxylic acids is 3. The molecule has 0 rings (SSSR count). The molecular formula is C77H128O6. The molecule has 0 fully saturated rings. The van der Waals surface area contributed by atoms with E-state index in [-0.39, 0.29) is 31.1 Å². The second kappa shape index (κ2) is 70.0. The lowest BCUT2D eigenvalue weighted by Crippen LogP contribution is -2.30. The molecule has 472 valence electrons. The molecular weight excluding hydrogens is 1020 g/mol. The summed E-state index contributed by atoms with van der Waals surface area (Å²) < 4.78 is 16.9. The first kappa shape index (κ1) is 78.5. The molecule has 1 unspecified atom stereocenters. The van der Waals surface area contributed by atoms with Gasteiger partial charge in [-0.25, -0.2) is 0 Å². The highest BCUT2D eigenvalue weighted by Gasteiger charge is 2.19. The van der Waals surface area contributed by atoms with Crippen LogP contribution >= 0.6 is 0 Å². The average molecular weight is 1150 g/mol. The van der Waals surface area contributed by atoms with Crippen molar-refractivity contribution in [2.75, 3.05) is 13.2 Å². The molecule has 0 aromatic rings. The van der Waals surface area contributed by atoms with Gasteiger partial charge in [0.2, 0.25) is 0 Å². The zero-order valence-electron chi connectivity index (χ0n) is 54.2. The summed E-state index contributed by atoms with van der Waals surface area (Å²) in [6.45, 7) is 6.40. The summed E-state index contributed by atoms with van der Waals surface area (Å²) >= 11 is 0. The van der Waals surface area contributed by atoms with E-state index >= 15 is 0 Å². The number of unbranched alkanes of at least 4 members (excludes halogenated alkanes) is 29. The number of esters is 3. The molecule has 0 saturated heterocycles. The minimum Gasteiger partial charge on any atom is -0.462 e. The fourth-order valence-corrected chi connectivity index (χ4v) is 9.53. The van der Waals surface area contributed by atoms with Crippen LogP contribution in [0.1, 0.15) is 316 Å². The van der Waals surface area contributed by atoms with E-state index in [0.717, 1.165) is 141 Å². The molecule has 0 saturated carbocycles. The van der Waals surface area contributed by atoms with E-state index in [9.17, 15) is 14.4 Å². The van der Waals surface area contributed by atoms with Crippen LogP contribution in [-0.4, -0.2) is 37.2 Å². The van der Waals surface area contributed by atoms with Crippen molar-refractivity contribution in [3.05, 3.63) is 134 Å². The number of allylic oxidation sites excluding steroid dienone is 22. The van der Waals surface area contributed by atoms with Crippen LogP contribution < -0.4 is 0 Å². The predicted octanol–water partition coefficient (Wildman–Crippen LogP) is 24.1. The molecule has 0 heterocycles. The first-order valence-corrected chi connectivity index (χ1v) is 34.7. The maximum atomic E-state index is 12.9. The second-order valence-electron chi connectivity index (χ2n) is 22.7. The topological polar surface area (TPSA) is 78.9 Å². The molecule has 0 spiro atoms. The molecule has 6 nitrogen and oxygen atoms in total. The van der Waals surface area contributed by atoms with Crippen LogP contribution in [-0.2, 0) is 28.6 Å². The van der Waals surface area contributed by atoms with Crippen molar-refractivity contribution in [3.8, 4) is 0 Å². The summed E-state index contributed by atoms with van der Waals surface area (Å²) in [4.78, 5) is 38.3. The SMILES string of the molecule is CC/C=C\C/C=C\C/C=C\C/C=C\C/C=C\C/C=C\CCCCCCCCC(=O)OC(COC(=O)CCCCCCCCCCC)COC(=O)CCCCCCCCCCCCCCCCC/C=C\C/C=C\C/C=C\C/C=C\C/C=C\CC. The van der Waals surface area contributed by atoms with Gasteiger partial charge < -0.3 is 14.2 Å². The van der Waals surface area contributed by atoms with Crippen molar-refractivity contribution in [2.24, 2.45) is 0 Å². The molecule has 0 aromatic heterocycles. The molecule has 83 heavy (non-hydrogen) atoms. The first-order valence-electron chi connectivity index (χ1n) is 34.7. The summed E-state index contributed by atoms with van der Waals surface area (Å²) in [5.41, 5.74) is 0. The smallest absolute Gasteiger partial charge is 0.306 e. The quantitative estimate of drug-likeness (QED) is 0.0261. The van der Waals surface area contributed by atoms with Gasteiger partial charge in [0.15, 0.2) is 6.10 Å². The van der Waals surface area contributed by atoms with Crippen molar-refractivity contribution in [1.82, 2.24) is 0 Å². The van der Waals surface area contributed by atoms with E-state index in [1.54, 1.807) is 0 Å². The number of hydrogen-bond acceptors (Lipinski definition) is 6. The Morgan fingerprint density at radius 1 is 0.253 bits per heavy atom. The minimum absolute atomic E-state index is 0.0838. The van der Waals surface area contributed by atoms with E-state index in [2.05, 4.69) is 154 Å². The van der Waals surface area contributed by atoms with Gasteiger partial charge in [0.25, 0.3) is 0 Å². The fraction of sp³-hybridized carbons (Fsp3) is 0.675. The van der Waals surface area contributed by atoms with Gasteiger partial charge in [-0.15, -0.1) is 0 Å². The Hall–Kier alpha value is -4.45. The fourth-order valence-electron chi connectivity index (χ4n) is 9.53. The Labute approximate surface area is 513 Å². The Morgan fingerprint density at radius 2 is 0.470 bits per heavy atom. The molecule has 0 aliphatic carbocycles. The van der Waals surface area contributed by atoms with Crippen LogP contribution in [0.25, 0.3) is 0 Å². The van der Waals surface area contributed by atoms with Crippen LogP contribution in [0, 0.1) is 0 Å². The highest BCUT2D eigenvalue weighted by atomic mass is 16.6. The summed E-state index contributed by atoms with van der Waals surface area (Å²) in [6, 6.07) is 0. The van der Waals surface area contributed by atoms with Crippen molar-refractivity contribution in [1.29, 1.82) is 0 Å². The van der Waals surface area contributed by atoms with Gasteiger partial charge in [-0.1, -0.05) is 315 Å². The van der Waals surface area contributed by atoms with E-state index in [1.807, 2.05) is 0 Å². The van der Waals surface area contributed by atoms with Crippen LogP contribution in [0.2, 0.25) is 0 Å². The molecule has 0 bridgehead atoms. The molecule has 6 heteroatoms. The van der Waals surface area contributed by atoms with Crippen molar-refractivity contribution in [3.63, 3.8) is 0 Å².